The Bertz CT molecular complexity index is 570. The van der Waals surface area contributed by atoms with Gasteiger partial charge in [0, 0.05) is 12.4 Å². The van der Waals surface area contributed by atoms with Gasteiger partial charge in [-0.1, -0.05) is 12.1 Å². The van der Waals surface area contributed by atoms with E-state index in [2.05, 4.69) is 28.1 Å². The molecule has 4 nitrogen and oxygen atoms in total. The molecule has 2 aromatic rings. The van der Waals surface area contributed by atoms with Gasteiger partial charge in [0.1, 0.15) is 11.4 Å². The number of aryl methyl sites for hydroxylation is 1. The highest BCUT2D eigenvalue weighted by atomic mass is 28.3. The van der Waals surface area contributed by atoms with Crippen molar-refractivity contribution >= 4 is 20.9 Å². The van der Waals surface area contributed by atoms with Gasteiger partial charge < -0.3 is 4.43 Å². The van der Waals surface area contributed by atoms with Crippen molar-refractivity contribution in [3.8, 4) is 5.75 Å². The summed E-state index contributed by atoms with van der Waals surface area (Å²) in [5, 5.41) is 0. The Balaban J connectivity index is 2.29. The standard InChI is InChI=1S/C14H17N3OSi/c1-11-6-4-7-12(14(11)18-19(2)3)17-10-13-15-8-5-9-16-13/h4-10,19H,1-3H3. The molecule has 0 aliphatic heterocycles. The summed E-state index contributed by atoms with van der Waals surface area (Å²) >= 11 is 0. The molecule has 0 atom stereocenters. The molecule has 0 radical (unpaired) electrons. The van der Waals surface area contributed by atoms with Crippen molar-refractivity contribution in [3.05, 3.63) is 48.0 Å². The summed E-state index contributed by atoms with van der Waals surface area (Å²) in [7, 11) is -1.16. The zero-order valence-corrected chi connectivity index (χ0v) is 12.5. The van der Waals surface area contributed by atoms with Crippen LogP contribution in [0.2, 0.25) is 13.1 Å². The summed E-state index contributed by atoms with van der Waals surface area (Å²) in [6.45, 7) is 6.31. The van der Waals surface area contributed by atoms with Gasteiger partial charge in [0.15, 0.2) is 5.82 Å². The van der Waals surface area contributed by atoms with Crippen molar-refractivity contribution < 1.29 is 4.43 Å². The molecule has 5 heteroatoms. The minimum absolute atomic E-state index is 0.594. The Kier molecular flexibility index (Phi) is 4.41. The van der Waals surface area contributed by atoms with Gasteiger partial charge in [-0.25, -0.2) is 15.0 Å². The van der Waals surface area contributed by atoms with Crippen molar-refractivity contribution in [2.75, 3.05) is 0 Å². The predicted molar refractivity (Wildman–Crippen MR) is 80.0 cm³/mol. The van der Waals surface area contributed by atoms with Crippen LogP contribution in [0.25, 0.3) is 0 Å². The second-order valence-electron chi connectivity index (χ2n) is 4.45. The molecule has 0 amide bonds. The van der Waals surface area contributed by atoms with E-state index in [-0.39, 0.29) is 0 Å². The Morgan fingerprint density at radius 3 is 2.58 bits per heavy atom. The zero-order chi connectivity index (χ0) is 13.7. The van der Waals surface area contributed by atoms with E-state index in [4.69, 9.17) is 4.43 Å². The minimum atomic E-state index is -1.16. The molecule has 0 saturated heterocycles. The number of para-hydroxylation sites is 1. The predicted octanol–water partition coefficient (Wildman–Crippen LogP) is 2.90. The second kappa shape index (κ2) is 6.24. The summed E-state index contributed by atoms with van der Waals surface area (Å²) in [5.41, 5.74) is 1.93. The molecule has 19 heavy (non-hydrogen) atoms. The molecule has 0 spiro atoms. The number of benzene rings is 1. The number of nitrogens with zero attached hydrogens (tertiary/aromatic N) is 3. The first-order valence-electron chi connectivity index (χ1n) is 6.24. The number of aliphatic imine (C=N–C) groups is 1. The van der Waals surface area contributed by atoms with Crippen LogP contribution < -0.4 is 4.43 Å². The molecule has 0 aliphatic carbocycles. The normalized spacial score (nSPS) is 11.2. The largest absolute Gasteiger partial charge is 0.545 e. The molecule has 0 bridgehead atoms. The van der Waals surface area contributed by atoms with Crippen LogP contribution in [0.15, 0.2) is 41.7 Å². The Hall–Kier alpha value is -2.01. The van der Waals surface area contributed by atoms with E-state index in [1.54, 1.807) is 24.7 Å². The van der Waals surface area contributed by atoms with E-state index >= 15 is 0 Å². The maximum Gasteiger partial charge on any atom is 0.229 e. The van der Waals surface area contributed by atoms with Gasteiger partial charge >= 0.3 is 0 Å². The van der Waals surface area contributed by atoms with Gasteiger partial charge in [-0.15, -0.1) is 0 Å². The number of hydrogen-bond donors (Lipinski definition) is 0. The number of hydrogen-bond acceptors (Lipinski definition) is 4. The third-order valence-corrected chi connectivity index (χ3v) is 3.16. The average molecular weight is 271 g/mol. The average Bonchev–Trinajstić information content (AvgIpc) is 2.40. The van der Waals surface area contributed by atoms with Crippen LogP contribution in [0.4, 0.5) is 5.69 Å². The van der Waals surface area contributed by atoms with Crippen molar-refractivity contribution in [1.29, 1.82) is 0 Å². The molecule has 2 rings (SSSR count). The van der Waals surface area contributed by atoms with Gasteiger partial charge in [-0.3, -0.25) is 0 Å². The van der Waals surface area contributed by atoms with Gasteiger partial charge in [-0.05, 0) is 37.7 Å². The third-order valence-electron chi connectivity index (χ3n) is 2.45. The highest BCUT2D eigenvalue weighted by Crippen LogP contribution is 2.31. The number of rotatable bonds is 4. The lowest BCUT2D eigenvalue weighted by Crippen LogP contribution is -2.12. The van der Waals surface area contributed by atoms with Crippen molar-refractivity contribution in [1.82, 2.24) is 9.97 Å². The first-order valence-corrected chi connectivity index (χ1v) is 9.02. The first-order chi connectivity index (χ1) is 9.16. The summed E-state index contributed by atoms with van der Waals surface area (Å²) in [5.74, 6) is 1.47. The molecular weight excluding hydrogens is 254 g/mol. The highest BCUT2D eigenvalue weighted by molar-refractivity contribution is 6.49. The molecule has 0 unspecified atom stereocenters. The molecule has 1 heterocycles. The van der Waals surface area contributed by atoms with E-state index in [0.29, 0.717) is 5.82 Å². The van der Waals surface area contributed by atoms with E-state index in [1.807, 2.05) is 25.1 Å². The van der Waals surface area contributed by atoms with Crippen LogP contribution in [-0.2, 0) is 0 Å². The molecule has 0 fully saturated rings. The van der Waals surface area contributed by atoms with Crippen molar-refractivity contribution in [2.24, 2.45) is 4.99 Å². The molecular formula is C14H17N3OSi. The van der Waals surface area contributed by atoms with Crippen LogP contribution in [0.3, 0.4) is 0 Å². The fourth-order valence-electron chi connectivity index (χ4n) is 1.63. The zero-order valence-electron chi connectivity index (χ0n) is 11.4. The lowest BCUT2D eigenvalue weighted by atomic mass is 10.2. The fourth-order valence-corrected chi connectivity index (χ4v) is 2.41. The van der Waals surface area contributed by atoms with Crippen LogP contribution >= 0.6 is 0 Å². The summed E-state index contributed by atoms with van der Waals surface area (Å²) in [6, 6.07) is 7.73. The molecule has 98 valence electrons. The quantitative estimate of drug-likeness (QED) is 0.634. The fraction of sp³-hybridized carbons (Fsp3) is 0.214. The SMILES string of the molecule is Cc1cccc(N=Cc2ncccn2)c1O[SiH](C)C. The van der Waals surface area contributed by atoms with Crippen LogP contribution in [0.5, 0.6) is 5.75 Å². The van der Waals surface area contributed by atoms with Gasteiger partial charge in [0.05, 0.1) is 6.21 Å². The molecule has 0 N–H and O–H groups in total. The van der Waals surface area contributed by atoms with E-state index in [9.17, 15) is 0 Å². The summed E-state index contributed by atoms with van der Waals surface area (Å²) < 4.78 is 5.95. The Labute approximate surface area is 114 Å². The van der Waals surface area contributed by atoms with Gasteiger partial charge in [0.2, 0.25) is 9.04 Å². The van der Waals surface area contributed by atoms with Crippen LogP contribution in [0, 0.1) is 6.92 Å². The second-order valence-corrected chi connectivity index (χ2v) is 6.79. The lowest BCUT2D eigenvalue weighted by molar-refractivity contribution is 0.577. The van der Waals surface area contributed by atoms with Crippen LogP contribution in [0.1, 0.15) is 11.4 Å². The van der Waals surface area contributed by atoms with Crippen LogP contribution in [-0.4, -0.2) is 25.2 Å². The van der Waals surface area contributed by atoms with Crippen molar-refractivity contribution in [3.63, 3.8) is 0 Å². The third kappa shape index (κ3) is 3.72. The highest BCUT2D eigenvalue weighted by Gasteiger charge is 2.08. The van der Waals surface area contributed by atoms with E-state index in [1.165, 1.54) is 0 Å². The molecule has 1 aromatic heterocycles. The maximum absolute atomic E-state index is 5.95. The summed E-state index contributed by atoms with van der Waals surface area (Å²) in [6.07, 6.45) is 5.05. The Morgan fingerprint density at radius 2 is 1.89 bits per heavy atom. The lowest BCUT2D eigenvalue weighted by Gasteiger charge is -2.14. The summed E-state index contributed by atoms with van der Waals surface area (Å²) in [4.78, 5) is 12.7. The van der Waals surface area contributed by atoms with E-state index in [0.717, 1.165) is 17.0 Å². The first kappa shape index (κ1) is 13.4. The topological polar surface area (TPSA) is 47.4 Å². The molecule has 1 aromatic carbocycles. The van der Waals surface area contributed by atoms with Gasteiger partial charge in [0.25, 0.3) is 0 Å². The van der Waals surface area contributed by atoms with E-state index < -0.39 is 9.04 Å². The van der Waals surface area contributed by atoms with Crippen molar-refractivity contribution in [2.45, 2.75) is 20.0 Å². The minimum Gasteiger partial charge on any atom is -0.545 e. The molecule has 0 saturated carbocycles. The smallest absolute Gasteiger partial charge is 0.229 e. The maximum atomic E-state index is 5.95. The Morgan fingerprint density at radius 1 is 1.16 bits per heavy atom. The monoisotopic (exact) mass is 271 g/mol. The molecule has 0 aliphatic rings. The van der Waals surface area contributed by atoms with Gasteiger partial charge in [-0.2, -0.15) is 0 Å². The number of aromatic nitrogens is 2.